The van der Waals surface area contributed by atoms with E-state index in [1.54, 1.807) is 41.3 Å². The number of benzene rings is 2. The second-order valence-corrected chi connectivity index (χ2v) is 13.0. The van der Waals surface area contributed by atoms with Gasteiger partial charge in [-0.25, -0.2) is 13.4 Å². The van der Waals surface area contributed by atoms with Crippen LogP contribution in [0.3, 0.4) is 0 Å². The van der Waals surface area contributed by atoms with E-state index in [0.717, 1.165) is 16.9 Å². The Morgan fingerprint density at radius 1 is 1.05 bits per heavy atom. The molecular formula is C28H27N5O5S2. The number of hydrogen-bond donors (Lipinski definition) is 2. The zero-order chi connectivity index (χ0) is 28.2. The molecule has 0 atom stereocenters. The lowest BCUT2D eigenvalue weighted by Gasteiger charge is -2.34. The van der Waals surface area contributed by atoms with Gasteiger partial charge < -0.3 is 15.2 Å². The number of nitrogens with zero attached hydrogens (tertiary/aromatic N) is 3. The largest absolute Gasteiger partial charge is 0.336 e. The molecule has 0 unspecified atom stereocenters. The van der Waals surface area contributed by atoms with E-state index in [0.29, 0.717) is 38.4 Å². The standard InChI is InChI=1S/C28H27N5O5S2/c1-3-21-16(2)39-27-24(21)26(35)30-25(31-27)17-4-6-18(7-5-17)28(36)32-10-12-33(13-11-32)40(37,38)20-8-9-22-19(14-20)15-23(34)29-22/h4-9,14H,3,10-13,15H2,1-2H3,(H,29,34)(H,30,31,35). The predicted octanol–water partition coefficient (Wildman–Crippen LogP) is 3.16. The molecule has 2 aliphatic heterocycles. The van der Waals surface area contributed by atoms with Gasteiger partial charge in [-0.05, 0) is 54.8 Å². The topological polar surface area (TPSA) is 133 Å². The first-order valence-electron chi connectivity index (χ1n) is 13.0. The smallest absolute Gasteiger partial charge is 0.260 e. The molecule has 2 aliphatic rings. The van der Waals surface area contributed by atoms with E-state index in [1.165, 1.54) is 21.7 Å². The zero-order valence-electron chi connectivity index (χ0n) is 22.0. The zero-order valence-corrected chi connectivity index (χ0v) is 23.6. The van der Waals surface area contributed by atoms with Crippen LogP contribution in [0.2, 0.25) is 0 Å². The number of rotatable bonds is 5. The van der Waals surface area contributed by atoms with Gasteiger partial charge in [-0.3, -0.25) is 14.4 Å². The van der Waals surface area contributed by atoms with E-state index >= 15 is 0 Å². The van der Waals surface area contributed by atoms with Gasteiger partial charge in [0.2, 0.25) is 15.9 Å². The van der Waals surface area contributed by atoms with Crippen LogP contribution in [0.15, 0.2) is 52.2 Å². The molecule has 0 radical (unpaired) electrons. The molecule has 12 heteroatoms. The third-order valence-corrected chi connectivity index (χ3v) is 10.4. The highest BCUT2D eigenvalue weighted by molar-refractivity contribution is 7.89. The van der Waals surface area contributed by atoms with Gasteiger partial charge in [0, 0.05) is 47.9 Å². The lowest BCUT2D eigenvalue weighted by atomic mass is 10.1. The van der Waals surface area contributed by atoms with Crippen molar-refractivity contribution in [2.75, 3.05) is 31.5 Å². The normalized spacial score (nSPS) is 15.8. The molecule has 6 rings (SSSR count). The number of nitrogens with one attached hydrogen (secondary N) is 2. The number of sulfonamides is 1. The first kappa shape index (κ1) is 26.4. The second kappa shape index (κ2) is 9.95. The molecule has 1 fully saturated rings. The number of aryl methyl sites for hydroxylation is 2. The number of aromatic amines is 1. The highest BCUT2D eigenvalue weighted by atomic mass is 32.2. The molecule has 1 saturated heterocycles. The van der Waals surface area contributed by atoms with Crippen LogP contribution in [0.1, 0.15) is 33.3 Å². The fraction of sp³-hybridized carbons (Fsp3) is 0.286. The molecule has 2 N–H and O–H groups in total. The number of thiophene rings is 1. The molecule has 0 bridgehead atoms. The number of carbonyl (C=O) groups excluding carboxylic acids is 2. The first-order valence-corrected chi connectivity index (χ1v) is 15.3. The Balaban J connectivity index is 1.14. The highest BCUT2D eigenvalue weighted by Crippen LogP contribution is 2.30. The summed E-state index contributed by atoms with van der Waals surface area (Å²) in [5.41, 5.74) is 3.33. The molecule has 4 aromatic rings. The number of hydrogen-bond acceptors (Lipinski definition) is 7. The van der Waals surface area contributed by atoms with Crippen molar-refractivity contribution in [1.82, 2.24) is 19.2 Å². The van der Waals surface area contributed by atoms with Crippen molar-refractivity contribution in [3.8, 4) is 11.4 Å². The summed E-state index contributed by atoms with van der Waals surface area (Å²) < 4.78 is 27.8. The van der Waals surface area contributed by atoms with Crippen LogP contribution < -0.4 is 10.9 Å². The fourth-order valence-corrected chi connectivity index (χ4v) is 7.93. The summed E-state index contributed by atoms with van der Waals surface area (Å²) in [6, 6.07) is 11.6. The molecule has 2 aromatic carbocycles. The quantitative estimate of drug-likeness (QED) is 0.375. The number of fused-ring (bicyclic) bond motifs is 2. The second-order valence-electron chi connectivity index (χ2n) is 9.90. The maximum atomic E-state index is 13.2. The lowest BCUT2D eigenvalue weighted by Crippen LogP contribution is -2.50. The predicted molar refractivity (Wildman–Crippen MR) is 153 cm³/mol. The Labute approximate surface area is 234 Å². The lowest BCUT2D eigenvalue weighted by molar-refractivity contribution is -0.115. The SMILES string of the molecule is CCc1c(C)sc2nc(-c3ccc(C(=O)N4CCN(S(=O)(=O)c5ccc6c(c5)CC(=O)N6)CC4)cc3)[nH]c(=O)c12. The van der Waals surface area contributed by atoms with E-state index in [2.05, 4.69) is 15.3 Å². The van der Waals surface area contributed by atoms with Crippen LogP contribution >= 0.6 is 11.3 Å². The van der Waals surface area contributed by atoms with Crippen molar-refractivity contribution in [1.29, 1.82) is 0 Å². The Hall–Kier alpha value is -3.87. The summed E-state index contributed by atoms with van der Waals surface area (Å²) in [6.07, 6.45) is 0.925. The van der Waals surface area contributed by atoms with Crippen LogP contribution in [0, 0.1) is 6.92 Å². The van der Waals surface area contributed by atoms with E-state index in [4.69, 9.17) is 0 Å². The van der Waals surface area contributed by atoms with E-state index in [9.17, 15) is 22.8 Å². The van der Waals surface area contributed by atoms with Crippen LogP contribution in [0.5, 0.6) is 0 Å². The average Bonchev–Trinajstić information content (AvgIpc) is 3.50. The third kappa shape index (κ3) is 4.51. The van der Waals surface area contributed by atoms with Crippen LogP contribution in [0.4, 0.5) is 5.69 Å². The van der Waals surface area contributed by atoms with Crippen molar-refractivity contribution >= 4 is 49.1 Å². The van der Waals surface area contributed by atoms with Gasteiger partial charge in [-0.15, -0.1) is 11.3 Å². The molecule has 2 aromatic heterocycles. The maximum Gasteiger partial charge on any atom is 0.260 e. The average molecular weight is 578 g/mol. The van der Waals surface area contributed by atoms with E-state index < -0.39 is 10.0 Å². The minimum atomic E-state index is -3.75. The van der Waals surface area contributed by atoms with Gasteiger partial charge in [0.05, 0.1) is 16.7 Å². The summed E-state index contributed by atoms with van der Waals surface area (Å²) in [4.78, 5) is 48.7. The summed E-state index contributed by atoms with van der Waals surface area (Å²) >= 11 is 1.50. The highest BCUT2D eigenvalue weighted by Gasteiger charge is 2.31. The number of aromatic nitrogens is 2. The van der Waals surface area contributed by atoms with E-state index in [-0.39, 0.29) is 54.9 Å². The number of anilines is 1. The Morgan fingerprint density at radius 2 is 1.77 bits per heavy atom. The van der Waals surface area contributed by atoms with Crippen molar-refractivity contribution < 1.29 is 18.0 Å². The molecule has 4 heterocycles. The monoisotopic (exact) mass is 577 g/mol. The van der Waals surface area contributed by atoms with Gasteiger partial charge in [0.25, 0.3) is 11.5 Å². The minimum Gasteiger partial charge on any atom is -0.336 e. The van der Waals surface area contributed by atoms with Crippen molar-refractivity contribution in [2.45, 2.75) is 31.6 Å². The molecule has 0 aliphatic carbocycles. The molecule has 10 nitrogen and oxygen atoms in total. The van der Waals surface area contributed by atoms with Crippen LogP contribution in [-0.2, 0) is 27.7 Å². The van der Waals surface area contributed by atoms with E-state index in [1.807, 2.05) is 13.8 Å². The number of piperazine rings is 1. The van der Waals surface area contributed by atoms with Crippen LogP contribution in [0.25, 0.3) is 21.6 Å². The molecular weight excluding hydrogens is 550 g/mol. The minimum absolute atomic E-state index is 0.145. The first-order chi connectivity index (χ1) is 19.2. The van der Waals surface area contributed by atoms with Gasteiger partial charge in [-0.1, -0.05) is 19.1 Å². The third-order valence-electron chi connectivity index (χ3n) is 7.49. The van der Waals surface area contributed by atoms with Gasteiger partial charge >= 0.3 is 0 Å². The summed E-state index contributed by atoms with van der Waals surface area (Å²) in [7, 11) is -3.75. The molecule has 40 heavy (non-hydrogen) atoms. The van der Waals surface area contributed by atoms with Crippen molar-refractivity contribution in [2.24, 2.45) is 0 Å². The number of H-pyrrole nitrogens is 1. The number of carbonyl (C=O) groups is 2. The fourth-order valence-electron chi connectivity index (χ4n) is 5.34. The van der Waals surface area contributed by atoms with Gasteiger partial charge in [0.1, 0.15) is 10.7 Å². The summed E-state index contributed by atoms with van der Waals surface area (Å²) in [5, 5.41) is 3.35. The molecule has 0 saturated carbocycles. The Bertz CT molecular complexity index is 1840. The molecule has 0 spiro atoms. The maximum absolute atomic E-state index is 13.2. The summed E-state index contributed by atoms with van der Waals surface area (Å²) in [5.74, 6) is 0.105. The summed E-state index contributed by atoms with van der Waals surface area (Å²) in [6.45, 7) is 4.87. The van der Waals surface area contributed by atoms with Crippen LogP contribution in [-0.4, -0.2) is 65.6 Å². The van der Waals surface area contributed by atoms with Crippen molar-refractivity contribution in [3.05, 3.63) is 74.4 Å². The Kier molecular flexibility index (Phi) is 6.56. The van der Waals surface area contributed by atoms with Gasteiger partial charge in [0.15, 0.2) is 0 Å². The molecule has 206 valence electrons. The van der Waals surface area contributed by atoms with Gasteiger partial charge in [-0.2, -0.15) is 4.31 Å². The van der Waals surface area contributed by atoms with Crippen molar-refractivity contribution in [3.63, 3.8) is 0 Å². The molecule has 2 amide bonds. The Morgan fingerprint density at radius 3 is 2.48 bits per heavy atom. The number of amides is 2.